The molecule has 0 aliphatic carbocycles. The predicted octanol–water partition coefficient (Wildman–Crippen LogP) is 1.02. The van der Waals surface area contributed by atoms with E-state index in [4.69, 9.17) is 11.5 Å². The molecule has 1 atom stereocenters. The van der Waals surface area contributed by atoms with Gasteiger partial charge in [0.2, 0.25) is 5.91 Å². The maximum Gasteiger partial charge on any atom is 0.222 e. The lowest BCUT2D eigenvalue weighted by atomic mass is 9.98. The van der Waals surface area contributed by atoms with Crippen LogP contribution in [0, 0.1) is 5.92 Å². The predicted molar refractivity (Wildman–Crippen MR) is 73.2 cm³/mol. The van der Waals surface area contributed by atoms with Gasteiger partial charge in [-0.15, -0.1) is 0 Å². The Labute approximate surface area is 108 Å². The third-order valence-corrected chi connectivity index (χ3v) is 3.57. The molecule has 4 nitrogen and oxygen atoms in total. The van der Waals surface area contributed by atoms with Crippen LogP contribution < -0.4 is 16.4 Å². The third kappa shape index (κ3) is 2.64. The van der Waals surface area contributed by atoms with Crippen molar-refractivity contribution in [3.8, 4) is 0 Å². The number of primary amides is 1. The molecule has 0 aromatic heterocycles. The van der Waals surface area contributed by atoms with Gasteiger partial charge in [0.15, 0.2) is 0 Å². The number of fused-ring (bicyclic) bond motifs is 1. The quantitative estimate of drug-likeness (QED) is 0.834. The van der Waals surface area contributed by atoms with Gasteiger partial charge in [-0.1, -0.05) is 19.1 Å². The maximum atomic E-state index is 11.2. The van der Waals surface area contributed by atoms with E-state index in [-0.39, 0.29) is 11.8 Å². The zero-order valence-corrected chi connectivity index (χ0v) is 10.9. The number of carbonyl (C=O) groups is 1. The molecule has 0 radical (unpaired) electrons. The van der Waals surface area contributed by atoms with Gasteiger partial charge < -0.3 is 16.4 Å². The van der Waals surface area contributed by atoms with Crippen LogP contribution in [0.5, 0.6) is 0 Å². The van der Waals surface area contributed by atoms with E-state index in [0.717, 1.165) is 19.4 Å². The van der Waals surface area contributed by atoms with Gasteiger partial charge in [-0.3, -0.25) is 4.79 Å². The van der Waals surface area contributed by atoms with Crippen LogP contribution in [-0.4, -0.2) is 19.0 Å². The fraction of sp³-hybridized carbons (Fsp3) is 0.500. The number of benzene rings is 1. The molecule has 0 bridgehead atoms. The lowest BCUT2D eigenvalue weighted by Crippen LogP contribution is -2.37. The van der Waals surface area contributed by atoms with Gasteiger partial charge >= 0.3 is 0 Å². The highest BCUT2D eigenvalue weighted by Crippen LogP contribution is 2.28. The summed E-state index contributed by atoms with van der Waals surface area (Å²) in [6, 6.07) is 6.35. The first kappa shape index (κ1) is 12.9. The van der Waals surface area contributed by atoms with Crippen LogP contribution in [0.15, 0.2) is 18.2 Å². The van der Waals surface area contributed by atoms with Gasteiger partial charge in [0.05, 0.1) is 5.92 Å². The Morgan fingerprint density at radius 3 is 2.94 bits per heavy atom. The Morgan fingerprint density at radius 1 is 1.50 bits per heavy atom. The summed E-state index contributed by atoms with van der Waals surface area (Å²) in [5, 5.41) is 0. The topological polar surface area (TPSA) is 72.3 Å². The van der Waals surface area contributed by atoms with Gasteiger partial charge in [-0.25, -0.2) is 0 Å². The van der Waals surface area contributed by atoms with E-state index in [1.807, 2.05) is 6.92 Å². The molecule has 1 aromatic carbocycles. The van der Waals surface area contributed by atoms with Gasteiger partial charge in [0.25, 0.3) is 0 Å². The summed E-state index contributed by atoms with van der Waals surface area (Å²) in [4.78, 5) is 13.4. The smallest absolute Gasteiger partial charge is 0.222 e. The van der Waals surface area contributed by atoms with Crippen LogP contribution in [0.1, 0.15) is 24.5 Å². The highest BCUT2D eigenvalue weighted by molar-refractivity contribution is 5.77. The van der Waals surface area contributed by atoms with E-state index in [9.17, 15) is 4.79 Å². The minimum atomic E-state index is -0.235. The van der Waals surface area contributed by atoms with Crippen molar-refractivity contribution < 1.29 is 4.79 Å². The summed E-state index contributed by atoms with van der Waals surface area (Å²) < 4.78 is 0. The Balaban J connectivity index is 2.20. The number of nitrogens with zero attached hydrogens (tertiary/aromatic N) is 1. The van der Waals surface area contributed by atoms with Crippen LogP contribution in [0.25, 0.3) is 0 Å². The molecule has 1 aliphatic heterocycles. The number of carbonyl (C=O) groups excluding carboxylic acids is 1. The fourth-order valence-corrected chi connectivity index (χ4v) is 2.47. The second kappa shape index (κ2) is 5.40. The molecular formula is C14H21N3O. The van der Waals surface area contributed by atoms with Crippen molar-refractivity contribution in [2.24, 2.45) is 17.4 Å². The number of amides is 1. The average molecular weight is 247 g/mol. The number of nitrogens with two attached hydrogens (primary N) is 2. The highest BCUT2D eigenvalue weighted by Gasteiger charge is 2.20. The van der Waals surface area contributed by atoms with Crippen molar-refractivity contribution in [1.29, 1.82) is 0 Å². The van der Waals surface area contributed by atoms with E-state index >= 15 is 0 Å². The number of rotatable bonds is 4. The van der Waals surface area contributed by atoms with Gasteiger partial charge in [0.1, 0.15) is 0 Å². The molecule has 0 spiro atoms. The molecule has 1 unspecified atom stereocenters. The lowest BCUT2D eigenvalue weighted by Gasteiger charge is -2.33. The number of hydrogen-bond donors (Lipinski definition) is 2. The summed E-state index contributed by atoms with van der Waals surface area (Å²) >= 11 is 0. The molecule has 1 aromatic rings. The zero-order valence-electron chi connectivity index (χ0n) is 10.9. The van der Waals surface area contributed by atoms with Crippen molar-refractivity contribution in [3.05, 3.63) is 29.3 Å². The van der Waals surface area contributed by atoms with Crippen LogP contribution in [0.3, 0.4) is 0 Å². The van der Waals surface area contributed by atoms with E-state index in [1.165, 1.54) is 16.8 Å². The summed E-state index contributed by atoms with van der Waals surface area (Å²) in [6.45, 7) is 4.15. The average Bonchev–Trinajstić information content (AvgIpc) is 2.38. The van der Waals surface area contributed by atoms with Crippen LogP contribution in [0.4, 0.5) is 5.69 Å². The Morgan fingerprint density at radius 2 is 2.28 bits per heavy atom. The van der Waals surface area contributed by atoms with E-state index in [2.05, 4.69) is 23.1 Å². The molecule has 1 aliphatic rings. The first-order valence-electron chi connectivity index (χ1n) is 6.48. The summed E-state index contributed by atoms with van der Waals surface area (Å²) in [5.74, 6) is -0.356. The summed E-state index contributed by atoms with van der Waals surface area (Å²) in [7, 11) is 0. The number of anilines is 1. The normalized spacial score (nSPS) is 16.2. The zero-order chi connectivity index (χ0) is 13.1. The maximum absolute atomic E-state index is 11.2. The van der Waals surface area contributed by atoms with Crippen molar-refractivity contribution in [2.45, 2.75) is 26.3 Å². The number of hydrogen-bond acceptors (Lipinski definition) is 3. The van der Waals surface area contributed by atoms with Crippen LogP contribution in [-0.2, 0) is 17.8 Å². The Bertz CT molecular complexity index is 445. The Hall–Kier alpha value is -1.55. The summed E-state index contributed by atoms with van der Waals surface area (Å²) in [6.07, 6.45) is 2.21. The second-order valence-corrected chi connectivity index (χ2v) is 5.02. The SMILES string of the molecule is CC(CN1CCCc2cc(CN)ccc21)C(N)=O. The summed E-state index contributed by atoms with van der Waals surface area (Å²) in [5.41, 5.74) is 14.7. The molecule has 18 heavy (non-hydrogen) atoms. The van der Waals surface area contributed by atoms with Crippen molar-refractivity contribution >= 4 is 11.6 Å². The fourth-order valence-electron chi connectivity index (χ4n) is 2.47. The van der Waals surface area contributed by atoms with E-state index in [0.29, 0.717) is 13.1 Å². The first-order valence-corrected chi connectivity index (χ1v) is 6.48. The first-order chi connectivity index (χ1) is 8.61. The molecule has 4 N–H and O–H groups in total. The monoisotopic (exact) mass is 247 g/mol. The standard InChI is InChI=1S/C14H21N3O/c1-10(14(16)18)9-17-6-2-3-12-7-11(8-15)4-5-13(12)17/h4-5,7,10H,2-3,6,8-9,15H2,1H3,(H2,16,18). The minimum Gasteiger partial charge on any atom is -0.371 e. The molecule has 0 saturated carbocycles. The molecule has 98 valence electrons. The number of aryl methyl sites for hydroxylation is 1. The largest absolute Gasteiger partial charge is 0.371 e. The molecule has 2 rings (SSSR count). The van der Waals surface area contributed by atoms with Gasteiger partial charge in [-0.05, 0) is 30.0 Å². The second-order valence-electron chi connectivity index (χ2n) is 5.02. The lowest BCUT2D eigenvalue weighted by molar-refractivity contribution is -0.121. The third-order valence-electron chi connectivity index (χ3n) is 3.57. The van der Waals surface area contributed by atoms with Gasteiger partial charge in [0, 0.05) is 25.3 Å². The molecule has 0 fully saturated rings. The van der Waals surface area contributed by atoms with Crippen LogP contribution in [0.2, 0.25) is 0 Å². The molecular weight excluding hydrogens is 226 g/mol. The minimum absolute atomic E-state index is 0.120. The van der Waals surface area contributed by atoms with E-state index < -0.39 is 0 Å². The molecule has 1 heterocycles. The molecule has 4 heteroatoms. The van der Waals surface area contributed by atoms with Crippen molar-refractivity contribution in [2.75, 3.05) is 18.0 Å². The molecule has 0 saturated heterocycles. The van der Waals surface area contributed by atoms with Crippen LogP contribution >= 0.6 is 0 Å². The Kier molecular flexibility index (Phi) is 3.87. The van der Waals surface area contributed by atoms with Crippen molar-refractivity contribution in [1.82, 2.24) is 0 Å². The van der Waals surface area contributed by atoms with Gasteiger partial charge in [-0.2, -0.15) is 0 Å². The highest BCUT2D eigenvalue weighted by atomic mass is 16.1. The van der Waals surface area contributed by atoms with Crippen molar-refractivity contribution in [3.63, 3.8) is 0 Å². The molecule has 1 amide bonds. The van der Waals surface area contributed by atoms with E-state index in [1.54, 1.807) is 0 Å².